The Morgan fingerprint density at radius 3 is 2.62 bits per heavy atom. The van der Waals surface area contributed by atoms with Crippen LogP contribution in [0, 0.1) is 13.8 Å². The number of aromatic nitrogens is 2. The van der Waals surface area contributed by atoms with E-state index in [0.29, 0.717) is 12.5 Å². The number of hydrogen-bond donors (Lipinski definition) is 2. The Labute approximate surface area is 139 Å². The summed E-state index contributed by atoms with van der Waals surface area (Å²) in [5.74, 6) is 0.0970. The molecular weight excluding hydrogens is 311 g/mol. The molecule has 2 N–H and O–H groups in total. The first-order chi connectivity index (χ1) is 8.99. The van der Waals surface area contributed by atoms with Crippen molar-refractivity contribution < 1.29 is 4.79 Å². The molecule has 5 nitrogen and oxygen atoms in total. The molecule has 0 spiro atoms. The molecule has 1 fully saturated rings. The Bertz CT molecular complexity index is 476. The molecule has 2 rings (SSSR count). The minimum atomic E-state index is 0. The maximum atomic E-state index is 12.2. The second kappa shape index (κ2) is 8.61. The SMILES string of the molecule is Cc1nn(C)c(C)c1CC(=O)NC1CCCNC1C.Cl.Cl. The maximum absolute atomic E-state index is 12.2. The number of aryl methyl sites for hydroxylation is 2. The van der Waals surface area contributed by atoms with Crippen LogP contribution in [0.3, 0.4) is 0 Å². The van der Waals surface area contributed by atoms with Crippen molar-refractivity contribution in [1.29, 1.82) is 0 Å². The Kier molecular flexibility index (Phi) is 8.29. The highest BCUT2D eigenvalue weighted by Crippen LogP contribution is 2.13. The third kappa shape index (κ3) is 4.87. The average molecular weight is 337 g/mol. The van der Waals surface area contributed by atoms with Gasteiger partial charge in [0.2, 0.25) is 5.91 Å². The molecule has 2 heterocycles. The average Bonchev–Trinajstić information content (AvgIpc) is 2.59. The minimum absolute atomic E-state index is 0. The number of carbonyl (C=O) groups excluding carboxylic acids is 1. The number of nitrogens with one attached hydrogen (secondary N) is 2. The summed E-state index contributed by atoms with van der Waals surface area (Å²) in [5.41, 5.74) is 3.07. The van der Waals surface area contributed by atoms with Crippen LogP contribution in [-0.2, 0) is 18.3 Å². The van der Waals surface area contributed by atoms with Crippen molar-refractivity contribution in [2.75, 3.05) is 6.54 Å². The lowest BCUT2D eigenvalue weighted by molar-refractivity contribution is -0.121. The third-order valence-corrected chi connectivity index (χ3v) is 4.10. The third-order valence-electron chi connectivity index (χ3n) is 4.10. The van der Waals surface area contributed by atoms with Gasteiger partial charge in [0.05, 0.1) is 12.1 Å². The van der Waals surface area contributed by atoms with Gasteiger partial charge in [-0.2, -0.15) is 5.10 Å². The van der Waals surface area contributed by atoms with Crippen LogP contribution in [0.15, 0.2) is 0 Å². The van der Waals surface area contributed by atoms with Crippen LogP contribution < -0.4 is 10.6 Å². The van der Waals surface area contributed by atoms with Gasteiger partial charge in [-0.05, 0) is 40.2 Å². The molecule has 21 heavy (non-hydrogen) atoms. The first-order valence-corrected chi connectivity index (χ1v) is 7.01. The molecule has 0 aromatic carbocycles. The predicted octanol–water partition coefficient (Wildman–Crippen LogP) is 1.68. The number of carbonyl (C=O) groups is 1. The van der Waals surface area contributed by atoms with Gasteiger partial charge in [0, 0.05) is 30.4 Å². The Hall–Kier alpha value is -0.780. The molecule has 1 amide bonds. The highest BCUT2D eigenvalue weighted by Gasteiger charge is 2.23. The van der Waals surface area contributed by atoms with E-state index >= 15 is 0 Å². The molecule has 1 aromatic rings. The summed E-state index contributed by atoms with van der Waals surface area (Å²) in [5, 5.41) is 10.9. The van der Waals surface area contributed by atoms with E-state index in [-0.39, 0.29) is 36.8 Å². The molecule has 1 aliphatic heterocycles. The van der Waals surface area contributed by atoms with Crippen molar-refractivity contribution >= 4 is 30.7 Å². The summed E-state index contributed by atoms with van der Waals surface area (Å²) in [6, 6.07) is 0.604. The highest BCUT2D eigenvalue weighted by atomic mass is 35.5. The van der Waals surface area contributed by atoms with E-state index < -0.39 is 0 Å². The van der Waals surface area contributed by atoms with Crippen molar-refractivity contribution in [2.45, 2.75) is 52.1 Å². The fourth-order valence-corrected chi connectivity index (χ4v) is 2.73. The molecule has 122 valence electrons. The van der Waals surface area contributed by atoms with Gasteiger partial charge in [0.15, 0.2) is 0 Å². The fourth-order valence-electron chi connectivity index (χ4n) is 2.73. The van der Waals surface area contributed by atoms with Gasteiger partial charge in [0.1, 0.15) is 0 Å². The predicted molar refractivity (Wildman–Crippen MR) is 89.5 cm³/mol. The molecule has 7 heteroatoms. The molecule has 1 aromatic heterocycles. The van der Waals surface area contributed by atoms with Crippen LogP contribution in [-0.4, -0.2) is 34.3 Å². The van der Waals surface area contributed by atoms with Gasteiger partial charge in [-0.1, -0.05) is 0 Å². The second-order valence-electron chi connectivity index (χ2n) is 5.51. The summed E-state index contributed by atoms with van der Waals surface area (Å²) in [7, 11) is 1.91. The van der Waals surface area contributed by atoms with E-state index in [2.05, 4.69) is 22.7 Å². The molecule has 1 saturated heterocycles. The maximum Gasteiger partial charge on any atom is 0.224 e. The van der Waals surface area contributed by atoms with Crippen LogP contribution >= 0.6 is 24.8 Å². The zero-order valence-corrected chi connectivity index (χ0v) is 14.7. The summed E-state index contributed by atoms with van der Waals surface area (Å²) in [6.45, 7) is 7.15. The van der Waals surface area contributed by atoms with E-state index in [9.17, 15) is 4.79 Å². The first kappa shape index (κ1) is 20.2. The lowest BCUT2D eigenvalue weighted by Crippen LogP contribution is -2.52. The summed E-state index contributed by atoms with van der Waals surface area (Å²) >= 11 is 0. The van der Waals surface area contributed by atoms with Crippen molar-refractivity contribution in [2.24, 2.45) is 7.05 Å². The number of nitrogens with zero attached hydrogens (tertiary/aromatic N) is 2. The largest absolute Gasteiger partial charge is 0.352 e. The van der Waals surface area contributed by atoms with E-state index in [0.717, 1.165) is 36.3 Å². The zero-order valence-electron chi connectivity index (χ0n) is 13.1. The van der Waals surface area contributed by atoms with Crippen molar-refractivity contribution in [1.82, 2.24) is 20.4 Å². The van der Waals surface area contributed by atoms with Crippen LogP contribution in [0.5, 0.6) is 0 Å². The topological polar surface area (TPSA) is 59.0 Å². The van der Waals surface area contributed by atoms with Crippen molar-refractivity contribution in [3.8, 4) is 0 Å². The molecule has 2 atom stereocenters. The molecule has 0 bridgehead atoms. The van der Waals surface area contributed by atoms with E-state index in [1.165, 1.54) is 0 Å². The Morgan fingerprint density at radius 2 is 2.10 bits per heavy atom. The first-order valence-electron chi connectivity index (χ1n) is 7.01. The molecule has 0 aliphatic carbocycles. The van der Waals surface area contributed by atoms with Crippen LogP contribution in [0.2, 0.25) is 0 Å². The fraction of sp³-hybridized carbons (Fsp3) is 0.714. The molecule has 1 aliphatic rings. The van der Waals surface area contributed by atoms with Gasteiger partial charge in [-0.15, -0.1) is 24.8 Å². The van der Waals surface area contributed by atoms with E-state index in [1.54, 1.807) is 0 Å². The van der Waals surface area contributed by atoms with Crippen LogP contribution in [0.4, 0.5) is 0 Å². The number of hydrogen-bond acceptors (Lipinski definition) is 3. The summed E-state index contributed by atoms with van der Waals surface area (Å²) in [6.07, 6.45) is 2.61. The zero-order chi connectivity index (χ0) is 14.0. The van der Waals surface area contributed by atoms with Gasteiger partial charge in [0.25, 0.3) is 0 Å². The lowest BCUT2D eigenvalue weighted by Gasteiger charge is -2.30. The lowest BCUT2D eigenvalue weighted by atomic mass is 9.99. The van der Waals surface area contributed by atoms with E-state index in [4.69, 9.17) is 0 Å². The smallest absolute Gasteiger partial charge is 0.224 e. The standard InChI is InChI=1S/C14H24N4O.2ClH/c1-9-12(11(3)18(4)17-9)8-14(19)16-13-6-5-7-15-10(13)2;;/h10,13,15H,5-8H2,1-4H3,(H,16,19);2*1H. The highest BCUT2D eigenvalue weighted by molar-refractivity contribution is 5.85. The van der Waals surface area contributed by atoms with Crippen LogP contribution in [0.1, 0.15) is 36.7 Å². The molecule has 0 saturated carbocycles. The van der Waals surface area contributed by atoms with Gasteiger partial charge < -0.3 is 10.6 Å². The van der Waals surface area contributed by atoms with Crippen molar-refractivity contribution in [3.05, 3.63) is 17.0 Å². The molecule has 2 unspecified atom stereocenters. The summed E-state index contributed by atoms with van der Waals surface area (Å²) < 4.78 is 1.84. The monoisotopic (exact) mass is 336 g/mol. The van der Waals surface area contributed by atoms with E-state index in [1.807, 2.05) is 25.6 Å². The summed E-state index contributed by atoms with van der Waals surface area (Å²) in [4.78, 5) is 12.2. The number of rotatable bonds is 3. The Balaban J connectivity index is 0.00000200. The second-order valence-corrected chi connectivity index (χ2v) is 5.51. The number of amides is 1. The van der Waals surface area contributed by atoms with Gasteiger partial charge in [-0.3, -0.25) is 9.48 Å². The number of halogens is 2. The minimum Gasteiger partial charge on any atom is -0.352 e. The Morgan fingerprint density at radius 1 is 1.43 bits per heavy atom. The van der Waals surface area contributed by atoms with Gasteiger partial charge >= 0.3 is 0 Å². The molecule has 0 radical (unpaired) electrons. The van der Waals surface area contributed by atoms with Gasteiger partial charge in [-0.25, -0.2) is 0 Å². The number of piperidine rings is 1. The normalized spacial score (nSPS) is 21.1. The molecular formula is C14H26Cl2N4O. The van der Waals surface area contributed by atoms with Crippen LogP contribution in [0.25, 0.3) is 0 Å². The quantitative estimate of drug-likeness (QED) is 0.882. The van der Waals surface area contributed by atoms with Crippen molar-refractivity contribution in [3.63, 3.8) is 0 Å².